The Hall–Kier alpha value is -3.77. The van der Waals surface area contributed by atoms with Crippen LogP contribution in [0.5, 0.6) is 0 Å². The maximum Gasteiger partial charge on any atom is 0.249 e. The number of fused-ring (bicyclic) bond motifs is 3. The van der Waals surface area contributed by atoms with Gasteiger partial charge in [-0.3, -0.25) is 4.79 Å². The summed E-state index contributed by atoms with van der Waals surface area (Å²) >= 11 is 6.01. The molecule has 5 aromatic rings. The predicted octanol–water partition coefficient (Wildman–Crippen LogP) is 6.68. The molecule has 0 aliphatic carbocycles. The van der Waals surface area contributed by atoms with Crippen LogP contribution in [0.25, 0.3) is 32.9 Å². The molecule has 1 heterocycles. The summed E-state index contributed by atoms with van der Waals surface area (Å²) in [6.07, 6.45) is 0. The number of hydrogen-bond acceptors (Lipinski definition) is 1. The van der Waals surface area contributed by atoms with Crippen molar-refractivity contribution < 1.29 is 18.0 Å². The van der Waals surface area contributed by atoms with Gasteiger partial charge in [-0.1, -0.05) is 48.0 Å². The Kier molecular flexibility index (Phi) is 5.10. The summed E-state index contributed by atoms with van der Waals surface area (Å²) in [4.78, 5) is 12.1. The van der Waals surface area contributed by atoms with Crippen molar-refractivity contribution >= 4 is 39.3 Å². The molecular formula is C26H16ClF3N2O. The molecule has 0 fully saturated rings. The van der Waals surface area contributed by atoms with E-state index in [1.54, 1.807) is 34.9 Å². The van der Waals surface area contributed by atoms with Crippen LogP contribution in [0.3, 0.4) is 0 Å². The van der Waals surface area contributed by atoms with Gasteiger partial charge >= 0.3 is 0 Å². The zero-order valence-electron chi connectivity index (χ0n) is 17.1. The highest BCUT2D eigenvalue weighted by Gasteiger charge is 2.20. The molecule has 0 spiro atoms. The lowest BCUT2D eigenvalue weighted by Gasteiger charge is -2.11. The van der Waals surface area contributed by atoms with Crippen molar-refractivity contribution in [2.24, 2.45) is 5.73 Å². The van der Waals surface area contributed by atoms with Crippen molar-refractivity contribution in [2.75, 3.05) is 0 Å². The SMILES string of the molecule is NC(=O)c1cccc2c1c1ccc(-c3ccc(Cl)cc3)cc1n2Cc1ccc(F)c(F)c1F. The maximum atomic E-state index is 14.5. The summed E-state index contributed by atoms with van der Waals surface area (Å²) < 4.78 is 43.7. The van der Waals surface area contributed by atoms with Gasteiger partial charge in [0.15, 0.2) is 17.5 Å². The molecule has 0 saturated carbocycles. The number of primary amides is 1. The normalized spacial score (nSPS) is 11.4. The molecule has 33 heavy (non-hydrogen) atoms. The highest BCUT2D eigenvalue weighted by molar-refractivity contribution is 6.30. The molecular weight excluding hydrogens is 449 g/mol. The number of rotatable bonds is 4. The first-order valence-corrected chi connectivity index (χ1v) is 10.5. The lowest BCUT2D eigenvalue weighted by molar-refractivity contribution is 0.100. The van der Waals surface area contributed by atoms with Crippen molar-refractivity contribution in [3.63, 3.8) is 0 Å². The van der Waals surface area contributed by atoms with Crippen LogP contribution >= 0.6 is 11.6 Å². The van der Waals surface area contributed by atoms with Gasteiger partial charge in [-0.15, -0.1) is 0 Å². The lowest BCUT2D eigenvalue weighted by Crippen LogP contribution is -2.11. The molecule has 164 valence electrons. The van der Waals surface area contributed by atoms with E-state index < -0.39 is 23.4 Å². The van der Waals surface area contributed by atoms with Crippen LogP contribution in [0.2, 0.25) is 5.02 Å². The topological polar surface area (TPSA) is 48.0 Å². The Morgan fingerprint density at radius 1 is 0.848 bits per heavy atom. The monoisotopic (exact) mass is 464 g/mol. The molecule has 0 aliphatic rings. The summed E-state index contributed by atoms with van der Waals surface area (Å²) in [7, 11) is 0. The first-order chi connectivity index (χ1) is 15.8. The van der Waals surface area contributed by atoms with Gasteiger partial charge in [-0.25, -0.2) is 13.2 Å². The Bertz CT molecular complexity index is 1560. The third-order valence-corrected chi connectivity index (χ3v) is 6.03. The third-order valence-electron chi connectivity index (χ3n) is 5.78. The van der Waals surface area contributed by atoms with Gasteiger partial charge < -0.3 is 10.3 Å². The molecule has 5 rings (SSSR count). The van der Waals surface area contributed by atoms with Crippen LogP contribution in [-0.4, -0.2) is 10.5 Å². The molecule has 0 bridgehead atoms. The standard InChI is InChI=1S/C26H16ClF3N2O/c27-17-8-4-14(5-9-17)15-6-10-18-22(12-15)32(13-16-7-11-20(28)25(30)24(16)29)21-3-1-2-19(23(18)21)26(31)33/h1-12H,13H2,(H2,31,33). The fourth-order valence-corrected chi connectivity index (χ4v) is 4.33. The average molecular weight is 465 g/mol. The first kappa shape index (κ1) is 21.1. The Balaban J connectivity index is 1.80. The van der Waals surface area contributed by atoms with Gasteiger partial charge in [0.1, 0.15) is 0 Å². The number of carbonyl (C=O) groups excluding carboxylic acids is 1. The quantitative estimate of drug-likeness (QED) is 0.296. The summed E-state index contributed by atoms with van der Waals surface area (Å²) in [6, 6.07) is 20.2. The van der Waals surface area contributed by atoms with Crippen molar-refractivity contribution in [1.29, 1.82) is 0 Å². The number of nitrogens with two attached hydrogens (primary N) is 1. The van der Waals surface area contributed by atoms with E-state index in [-0.39, 0.29) is 12.1 Å². The third kappa shape index (κ3) is 3.52. The molecule has 0 unspecified atom stereocenters. The smallest absolute Gasteiger partial charge is 0.249 e. The Morgan fingerprint density at radius 3 is 2.30 bits per heavy atom. The van der Waals surface area contributed by atoms with Gasteiger partial charge in [0.2, 0.25) is 5.91 Å². The number of carbonyl (C=O) groups is 1. The Labute approximate surface area is 191 Å². The van der Waals surface area contributed by atoms with E-state index in [1.807, 2.05) is 30.3 Å². The molecule has 1 amide bonds. The maximum absolute atomic E-state index is 14.5. The fourth-order valence-electron chi connectivity index (χ4n) is 4.20. The number of hydrogen-bond donors (Lipinski definition) is 1. The van der Waals surface area contributed by atoms with Crippen LogP contribution < -0.4 is 5.73 Å². The molecule has 0 radical (unpaired) electrons. The van der Waals surface area contributed by atoms with E-state index in [2.05, 4.69) is 0 Å². The lowest BCUT2D eigenvalue weighted by atomic mass is 10.0. The molecule has 1 aromatic heterocycles. The van der Waals surface area contributed by atoms with Crippen LogP contribution in [0.15, 0.2) is 72.8 Å². The van der Waals surface area contributed by atoms with Crippen molar-refractivity contribution in [1.82, 2.24) is 4.57 Å². The number of amides is 1. The second kappa shape index (κ2) is 7.98. The van der Waals surface area contributed by atoms with E-state index in [1.165, 1.54) is 6.07 Å². The second-order valence-corrected chi connectivity index (χ2v) is 8.16. The minimum absolute atomic E-state index is 0.0194. The van der Waals surface area contributed by atoms with E-state index >= 15 is 0 Å². The average Bonchev–Trinajstić information content (AvgIpc) is 3.12. The van der Waals surface area contributed by atoms with Crippen molar-refractivity contribution in [2.45, 2.75) is 6.54 Å². The summed E-state index contributed by atoms with van der Waals surface area (Å²) in [6.45, 7) is -0.0741. The highest BCUT2D eigenvalue weighted by Crippen LogP contribution is 2.35. The minimum atomic E-state index is -1.52. The number of nitrogens with zero attached hydrogens (tertiary/aromatic N) is 1. The molecule has 0 saturated heterocycles. The molecule has 7 heteroatoms. The zero-order valence-corrected chi connectivity index (χ0v) is 17.8. The van der Waals surface area contributed by atoms with Crippen molar-refractivity contribution in [3.8, 4) is 11.1 Å². The molecule has 0 atom stereocenters. The van der Waals surface area contributed by atoms with E-state index in [0.29, 0.717) is 27.0 Å². The van der Waals surface area contributed by atoms with Crippen LogP contribution in [0.1, 0.15) is 15.9 Å². The van der Waals surface area contributed by atoms with Gasteiger partial charge in [-0.2, -0.15) is 0 Å². The van der Waals surface area contributed by atoms with Crippen LogP contribution in [0.4, 0.5) is 13.2 Å². The zero-order chi connectivity index (χ0) is 23.3. The minimum Gasteiger partial charge on any atom is -0.366 e. The van der Waals surface area contributed by atoms with Crippen LogP contribution in [0, 0.1) is 17.5 Å². The fraction of sp³-hybridized carbons (Fsp3) is 0.0385. The predicted molar refractivity (Wildman–Crippen MR) is 124 cm³/mol. The van der Waals surface area contributed by atoms with E-state index in [0.717, 1.165) is 22.6 Å². The molecule has 2 N–H and O–H groups in total. The highest BCUT2D eigenvalue weighted by atomic mass is 35.5. The van der Waals surface area contributed by atoms with Gasteiger partial charge in [0, 0.05) is 26.9 Å². The Morgan fingerprint density at radius 2 is 1.58 bits per heavy atom. The number of aromatic nitrogens is 1. The molecule has 3 nitrogen and oxygen atoms in total. The van der Waals surface area contributed by atoms with Gasteiger partial charge in [0.05, 0.1) is 17.6 Å². The largest absolute Gasteiger partial charge is 0.366 e. The summed E-state index contributed by atoms with van der Waals surface area (Å²) in [5.41, 5.74) is 9.01. The summed E-state index contributed by atoms with van der Waals surface area (Å²) in [5.74, 6) is -4.61. The van der Waals surface area contributed by atoms with Crippen molar-refractivity contribution in [3.05, 3.63) is 106 Å². The second-order valence-electron chi connectivity index (χ2n) is 7.72. The number of benzene rings is 4. The molecule has 0 aliphatic heterocycles. The van der Waals surface area contributed by atoms with Crippen LogP contribution in [-0.2, 0) is 6.54 Å². The van der Waals surface area contributed by atoms with E-state index in [9.17, 15) is 18.0 Å². The summed E-state index contributed by atoms with van der Waals surface area (Å²) in [5, 5.41) is 1.96. The van der Waals surface area contributed by atoms with Gasteiger partial charge in [0.25, 0.3) is 0 Å². The molecule has 4 aromatic carbocycles. The van der Waals surface area contributed by atoms with E-state index in [4.69, 9.17) is 17.3 Å². The van der Waals surface area contributed by atoms with Gasteiger partial charge in [-0.05, 0) is 47.5 Å². The first-order valence-electron chi connectivity index (χ1n) is 10.1. The number of halogens is 4.